The predicted octanol–water partition coefficient (Wildman–Crippen LogP) is 4.81. The van der Waals surface area contributed by atoms with Crippen LogP contribution in [0.4, 0.5) is 0 Å². The Morgan fingerprint density at radius 2 is 1.46 bits per heavy atom. The Labute approximate surface area is 290 Å². The van der Waals surface area contributed by atoms with E-state index in [4.69, 9.17) is 33.4 Å². The van der Waals surface area contributed by atoms with Gasteiger partial charge >= 0.3 is 5.69 Å². The van der Waals surface area contributed by atoms with Crippen molar-refractivity contribution in [2.24, 2.45) is 5.92 Å². The lowest BCUT2D eigenvalue weighted by molar-refractivity contribution is -0.474. The molecule has 7 rings (SSSR count). The summed E-state index contributed by atoms with van der Waals surface area (Å²) in [5.41, 5.74) is 0.0287. The van der Waals surface area contributed by atoms with Gasteiger partial charge in [-0.25, -0.2) is 14.5 Å². The topological polar surface area (TPSA) is 123 Å². The van der Waals surface area contributed by atoms with Gasteiger partial charge in [-0.2, -0.15) is 0 Å². The maximum Gasteiger partial charge on any atom is 0.330 e. The Hall–Kier alpha value is -4.14. The molecule has 4 aromatic rings. The van der Waals surface area contributed by atoms with E-state index < -0.39 is 53.2 Å². The largest absolute Gasteiger partial charge is 0.497 e. The molecule has 0 unspecified atom stereocenters. The zero-order valence-electron chi connectivity index (χ0n) is 28.7. The van der Waals surface area contributed by atoms with Crippen LogP contribution >= 0.6 is 0 Å². The van der Waals surface area contributed by atoms with Crippen molar-refractivity contribution >= 4 is 0 Å². The van der Waals surface area contributed by atoms with Gasteiger partial charge < -0.3 is 23.7 Å². The van der Waals surface area contributed by atoms with Crippen LogP contribution < -0.4 is 16.0 Å². The molecule has 12 heteroatoms. The second-order valence-corrected chi connectivity index (χ2v) is 12.7. The highest BCUT2D eigenvalue weighted by Gasteiger charge is 2.69. The summed E-state index contributed by atoms with van der Waals surface area (Å²) >= 11 is 0. The third-order valence-corrected chi connectivity index (χ3v) is 9.99. The summed E-state index contributed by atoms with van der Waals surface area (Å²) in [4.78, 5) is 40.9. The van der Waals surface area contributed by atoms with Crippen LogP contribution in [0.2, 0.25) is 0 Å². The summed E-state index contributed by atoms with van der Waals surface area (Å²) in [6.45, 7) is 6.33. The molecule has 6 atom stereocenters. The van der Waals surface area contributed by atoms with E-state index in [2.05, 4.69) is 4.98 Å². The third-order valence-electron chi connectivity index (χ3n) is 9.99. The molecule has 0 saturated carbocycles. The number of benzene rings is 3. The molecule has 0 bridgehead atoms. The minimum Gasteiger partial charge on any atom is -0.497 e. The summed E-state index contributed by atoms with van der Waals surface area (Å²) < 4.78 is 33.2. The molecular weight excluding hydrogens is 642 g/mol. The van der Waals surface area contributed by atoms with Crippen LogP contribution in [-0.4, -0.2) is 65.9 Å². The molecule has 12 nitrogen and oxygen atoms in total. The van der Waals surface area contributed by atoms with Gasteiger partial charge in [0.05, 0.1) is 13.7 Å². The highest BCUT2D eigenvalue weighted by Crippen LogP contribution is 2.57. The molecule has 3 fully saturated rings. The number of aromatic nitrogens is 2. The molecule has 3 aliphatic rings. The number of hydroxylamine groups is 2. The minimum atomic E-state index is -1.08. The molecule has 1 aromatic heterocycles. The number of ether oxygens (including phenoxy) is 5. The van der Waals surface area contributed by atoms with Crippen molar-refractivity contribution in [3.8, 4) is 5.75 Å². The molecule has 264 valence electrons. The molecule has 50 heavy (non-hydrogen) atoms. The lowest BCUT2D eigenvalue weighted by Crippen LogP contribution is -2.61. The molecule has 3 saturated heterocycles. The summed E-state index contributed by atoms with van der Waals surface area (Å²) in [7, 11) is 1.64. The first kappa shape index (κ1) is 34.3. The molecule has 0 radical (unpaired) electrons. The third kappa shape index (κ3) is 5.90. The molecule has 3 aromatic carbocycles. The smallest absolute Gasteiger partial charge is 0.330 e. The van der Waals surface area contributed by atoms with Gasteiger partial charge in [0.25, 0.3) is 5.56 Å². The van der Waals surface area contributed by atoms with Gasteiger partial charge in [-0.05, 0) is 49.6 Å². The number of rotatable bonds is 12. The molecule has 1 N–H and O–H groups in total. The van der Waals surface area contributed by atoms with E-state index in [1.165, 1.54) is 9.79 Å². The van der Waals surface area contributed by atoms with E-state index in [0.717, 1.165) is 22.4 Å². The highest BCUT2D eigenvalue weighted by atomic mass is 17.0. The molecule has 0 amide bonds. The van der Waals surface area contributed by atoms with Crippen molar-refractivity contribution in [2.75, 3.05) is 26.9 Å². The van der Waals surface area contributed by atoms with Crippen LogP contribution in [0.25, 0.3) is 0 Å². The zero-order chi connectivity index (χ0) is 34.9. The van der Waals surface area contributed by atoms with Crippen molar-refractivity contribution < 1.29 is 33.4 Å². The highest BCUT2D eigenvalue weighted by molar-refractivity contribution is 5.48. The van der Waals surface area contributed by atoms with E-state index in [1.807, 2.05) is 98.8 Å². The molecular formula is C38H43N3O9. The van der Waals surface area contributed by atoms with Crippen molar-refractivity contribution in [3.63, 3.8) is 0 Å². The van der Waals surface area contributed by atoms with Crippen molar-refractivity contribution in [2.45, 2.75) is 69.7 Å². The lowest BCUT2D eigenvalue weighted by Gasteiger charge is -2.46. The number of methoxy groups -OCH3 is 1. The Kier molecular flexibility index (Phi) is 9.77. The van der Waals surface area contributed by atoms with E-state index in [-0.39, 0.29) is 6.61 Å². The Morgan fingerprint density at radius 3 is 2.08 bits per heavy atom. The van der Waals surface area contributed by atoms with E-state index in [1.54, 1.807) is 20.2 Å². The number of hydrogen-bond acceptors (Lipinski definition) is 10. The summed E-state index contributed by atoms with van der Waals surface area (Å²) in [6, 6.07) is 27.9. The van der Waals surface area contributed by atoms with Gasteiger partial charge in [-0.15, -0.1) is 0 Å². The van der Waals surface area contributed by atoms with Gasteiger partial charge in [0.2, 0.25) is 0 Å². The van der Waals surface area contributed by atoms with Crippen LogP contribution in [0.5, 0.6) is 5.75 Å². The maximum absolute atomic E-state index is 13.4. The van der Waals surface area contributed by atoms with Crippen molar-refractivity contribution in [3.05, 3.63) is 134 Å². The molecule has 4 heterocycles. The summed E-state index contributed by atoms with van der Waals surface area (Å²) in [5.74, 6) is 0.330. The Balaban J connectivity index is 1.36. The Morgan fingerprint density at radius 1 is 0.860 bits per heavy atom. The van der Waals surface area contributed by atoms with Gasteiger partial charge in [0.15, 0.2) is 12.6 Å². The number of nitrogens with one attached hydrogen (secondary N) is 1. The van der Waals surface area contributed by atoms with Gasteiger partial charge in [0, 0.05) is 43.7 Å². The van der Waals surface area contributed by atoms with E-state index >= 15 is 0 Å². The minimum absolute atomic E-state index is 0.0568. The predicted molar refractivity (Wildman–Crippen MR) is 182 cm³/mol. The van der Waals surface area contributed by atoms with Crippen LogP contribution in [-0.2, 0) is 34.2 Å². The molecule has 0 aliphatic carbocycles. The summed E-state index contributed by atoms with van der Waals surface area (Å²) in [5, 5.41) is 1.47. The molecule has 1 spiro atoms. The second kappa shape index (κ2) is 14.2. The maximum atomic E-state index is 13.4. The quantitative estimate of drug-likeness (QED) is 0.208. The average molecular weight is 686 g/mol. The van der Waals surface area contributed by atoms with Gasteiger partial charge in [0.1, 0.15) is 29.2 Å². The number of nitrogens with zero attached hydrogens (tertiary/aromatic N) is 2. The molecule has 3 aliphatic heterocycles. The van der Waals surface area contributed by atoms with Crippen molar-refractivity contribution in [1.29, 1.82) is 0 Å². The number of hydrogen-bond donors (Lipinski definition) is 1. The Bertz CT molecular complexity index is 1830. The number of H-pyrrole nitrogens is 1. The van der Waals surface area contributed by atoms with Crippen LogP contribution in [0.15, 0.2) is 101 Å². The fourth-order valence-corrected chi connectivity index (χ4v) is 7.69. The number of aromatic amines is 1. The fraction of sp³-hybridized carbons (Fsp3) is 0.421. The fourth-order valence-electron chi connectivity index (χ4n) is 7.69. The first-order chi connectivity index (χ1) is 24.3. The van der Waals surface area contributed by atoms with Gasteiger partial charge in [-0.3, -0.25) is 14.3 Å². The van der Waals surface area contributed by atoms with Gasteiger partial charge in [-0.1, -0.05) is 78.0 Å². The normalized spacial score (nSPS) is 26.4. The van der Waals surface area contributed by atoms with Crippen LogP contribution in [0.1, 0.15) is 55.2 Å². The van der Waals surface area contributed by atoms with Crippen molar-refractivity contribution in [1.82, 2.24) is 14.8 Å². The number of aryl methyl sites for hydroxylation is 1. The van der Waals surface area contributed by atoms with E-state index in [9.17, 15) is 9.59 Å². The standard InChI is InChI=1S/C38H43N3O9/c1-5-45-32-21-30-35(40-23-25(3)34(42)39-36(40)43)48-31(37(30)22-33(46-6-2)50-41(37)49-32)24-47-38(26-13-9-7-10-14-26,27-15-11-8-12-16-27)28-17-19-29(44-4)20-18-28/h7-20,23,30-33,35H,5-6,21-22,24H2,1-4H3,(H,39,42,43)/t30-,31+,32+,33-,35+,37-/m0/s1. The van der Waals surface area contributed by atoms with E-state index in [0.29, 0.717) is 31.6 Å². The van der Waals surface area contributed by atoms with Crippen LogP contribution in [0.3, 0.4) is 0 Å². The van der Waals surface area contributed by atoms with Crippen LogP contribution in [0, 0.1) is 12.8 Å². The first-order valence-corrected chi connectivity index (χ1v) is 17.1. The summed E-state index contributed by atoms with van der Waals surface area (Å²) in [6.07, 6.45) is -0.517. The SMILES string of the molecule is CCO[C@H]1C[C@H]2[C@H](n3cc(C)c(=O)[nH]c3=O)O[C@H](COC(c3ccccc3)(c3ccccc3)c3ccc(OC)cc3)[C@]23C[C@@H](OCC)ON3O1. The lowest BCUT2D eigenvalue weighted by atomic mass is 9.75. The monoisotopic (exact) mass is 685 g/mol. The zero-order valence-corrected chi connectivity index (χ0v) is 28.7. The average Bonchev–Trinajstić information content (AvgIpc) is 3.66. The second-order valence-electron chi connectivity index (χ2n) is 12.7. The first-order valence-electron chi connectivity index (χ1n) is 17.1.